The van der Waals surface area contributed by atoms with Crippen LogP contribution in [0.5, 0.6) is 11.5 Å². The zero-order chi connectivity index (χ0) is 19.6. The summed E-state index contributed by atoms with van der Waals surface area (Å²) in [6.45, 7) is 2.26. The lowest BCUT2D eigenvalue weighted by Crippen LogP contribution is -2.31. The second kappa shape index (κ2) is 12.0. The SMILES string of the molecule is COc1cc(C(C)=O)ccc1OCCCC(=O)NCC(N)c1ccccc1.Cl. The Morgan fingerprint density at radius 1 is 1.11 bits per heavy atom. The summed E-state index contributed by atoms with van der Waals surface area (Å²) in [4.78, 5) is 23.4. The molecule has 2 rings (SSSR count). The average molecular weight is 407 g/mol. The van der Waals surface area contributed by atoms with Crippen LogP contribution in [-0.4, -0.2) is 32.0 Å². The van der Waals surface area contributed by atoms with E-state index in [2.05, 4.69) is 5.32 Å². The van der Waals surface area contributed by atoms with Gasteiger partial charge in [0.05, 0.1) is 13.7 Å². The van der Waals surface area contributed by atoms with Crippen LogP contribution in [0.2, 0.25) is 0 Å². The fourth-order valence-electron chi connectivity index (χ4n) is 2.55. The third kappa shape index (κ3) is 7.21. The Hall–Kier alpha value is -2.57. The van der Waals surface area contributed by atoms with Gasteiger partial charge < -0.3 is 20.5 Å². The van der Waals surface area contributed by atoms with Crippen LogP contribution >= 0.6 is 12.4 Å². The number of benzene rings is 2. The van der Waals surface area contributed by atoms with Crippen molar-refractivity contribution in [2.75, 3.05) is 20.3 Å². The lowest BCUT2D eigenvalue weighted by Gasteiger charge is -2.14. The van der Waals surface area contributed by atoms with Crippen LogP contribution in [-0.2, 0) is 4.79 Å². The molecule has 0 saturated heterocycles. The minimum atomic E-state index is -0.226. The van der Waals surface area contributed by atoms with Crippen molar-refractivity contribution in [1.29, 1.82) is 0 Å². The highest BCUT2D eigenvalue weighted by Crippen LogP contribution is 2.28. The van der Waals surface area contributed by atoms with Gasteiger partial charge in [-0.1, -0.05) is 30.3 Å². The van der Waals surface area contributed by atoms with E-state index in [0.717, 1.165) is 5.56 Å². The van der Waals surface area contributed by atoms with Gasteiger partial charge >= 0.3 is 0 Å². The number of methoxy groups -OCH3 is 1. The fraction of sp³-hybridized carbons (Fsp3) is 0.333. The first-order valence-electron chi connectivity index (χ1n) is 8.90. The molecule has 0 aliphatic rings. The summed E-state index contributed by atoms with van der Waals surface area (Å²) in [6.07, 6.45) is 0.902. The molecule has 3 N–H and O–H groups in total. The maximum absolute atomic E-state index is 11.9. The van der Waals surface area contributed by atoms with E-state index in [1.165, 1.54) is 14.0 Å². The van der Waals surface area contributed by atoms with E-state index in [-0.39, 0.29) is 30.1 Å². The number of rotatable bonds is 10. The predicted octanol–water partition coefficient (Wildman–Crippen LogP) is 3.29. The van der Waals surface area contributed by atoms with Crippen molar-refractivity contribution in [1.82, 2.24) is 5.32 Å². The van der Waals surface area contributed by atoms with Crippen molar-refractivity contribution in [2.24, 2.45) is 5.73 Å². The first kappa shape index (κ1) is 23.5. The van der Waals surface area contributed by atoms with E-state index < -0.39 is 0 Å². The van der Waals surface area contributed by atoms with E-state index in [4.69, 9.17) is 15.2 Å². The molecule has 152 valence electrons. The van der Waals surface area contributed by atoms with Crippen molar-refractivity contribution in [3.8, 4) is 11.5 Å². The van der Waals surface area contributed by atoms with Gasteiger partial charge in [-0.3, -0.25) is 9.59 Å². The molecule has 0 aliphatic heterocycles. The molecule has 1 unspecified atom stereocenters. The molecule has 0 radical (unpaired) electrons. The third-order valence-electron chi connectivity index (χ3n) is 4.12. The Morgan fingerprint density at radius 3 is 2.46 bits per heavy atom. The second-order valence-corrected chi connectivity index (χ2v) is 6.20. The zero-order valence-electron chi connectivity index (χ0n) is 16.1. The Bertz CT molecular complexity index is 768. The van der Waals surface area contributed by atoms with Gasteiger partial charge in [0.25, 0.3) is 0 Å². The largest absolute Gasteiger partial charge is 0.493 e. The molecule has 0 bridgehead atoms. The molecule has 1 atom stereocenters. The Kier molecular flexibility index (Phi) is 10.1. The number of hydrogen-bond donors (Lipinski definition) is 2. The molecule has 0 aliphatic carbocycles. The summed E-state index contributed by atoms with van der Waals surface area (Å²) in [5.41, 5.74) is 7.61. The molecular formula is C21H27ClN2O4. The quantitative estimate of drug-likeness (QED) is 0.466. The number of ketones is 1. The van der Waals surface area contributed by atoms with E-state index in [9.17, 15) is 9.59 Å². The first-order valence-corrected chi connectivity index (χ1v) is 8.90. The summed E-state index contributed by atoms with van der Waals surface area (Å²) in [7, 11) is 1.52. The number of carbonyl (C=O) groups excluding carboxylic acids is 2. The number of Topliss-reactive ketones (excluding diaryl/α,β-unsaturated/α-hetero) is 1. The standard InChI is InChI=1S/C21H26N2O4.ClH/c1-15(24)17-10-11-19(20(13-17)26-2)27-12-6-9-21(25)23-14-18(22)16-7-4-3-5-8-16;/h3-5,7-8,10-11,13,18H,6,9,12,14,22H2,1-2H3,(H,23,25);1H. The maximum Gasteiger partial charge on any atom is 0.220 e. The van der Waals surface area contributed by atoms with Crippen LogP contribution in [0.1, 0.15) is 41.7 Å². The van der Waals surface area contributed by atoms with Gasteiger partial charge in [-0.25, -0.2) is 0 Å². The van der Waals surface area contributed by atoms with Crippen molar-refractivity contribution in [2.45, 2.75) is 25.8 Å². The molecule has 0 saturated carbocycles. The monoisotopic (exact) mass is 406 g/mol. The lowest BCUT2D eigenvalue weighted by molar-refractivity contribution is -0.121. The molecule has 6 nitrogen and oxygen atoms in total. The second-order valence-electron chi connectivity index (χ2n) is 6.20. The topological polar surface area (TPSA) is 90.6 Å². The molecule has 1 amide bonds. The molecule has 7 heteroatoms. The molecule has 0 heterocycles. The Labute approximate surface area is 171 Å². The first-order chi connectivity index (χ1) is 13.0. The van der Waals surface area contributed by atoms with Crippen LogP contribution in [0.3, 0.4) is 0 Å². The van der Waals surface area contributed by atoms with Crippen molar-refractivity contribution >= 4 is 24.1 Å². The number of hydrogen-bond acceptors (Lipinski definition) is 5. The van der Waals surface area contributed by atoms with Gasteiger partial charge in [0.2, 0.25) is 5.91 Å². The van der Waals surface area contributed by atoms with Gasteiger partial charge in [-0.05, 0) is 37.1 Å². The average Bonchev–Trinajstić information content (AvgIpc) is 2.69. The number of halogens is 1. The number of ether oxygens (including phenoxy) is 2. The van der Waals surface area contributed by atoms with Gasteiger partial charge in [0.15, 0.2) is 17.3 Å². The molecule has 2 aromatic rings. The van der Waals surface area contributed by atoms with E-state index in [1.807, 2.05) is 30.3 Å². The van der Waals surface area contributed by atoms with Crippen LogP contribution in [0.25, 0.3) is 0 Å². The molecule has 0 spiro atoms. The number of nitrogens with two attached hydrogens (primary N) is 1. The Morgan fingerprint density at radius 2 is 1.82 bits per heavy atom. The minimum Gasteiger partial charge on any atom is -0.493 e. The van der Waals surface area contributed by atoms with Crippen molar-refractivity contribution < 1.29 is 19.1 Å². The summed E-state index contributed by atoms with van der Waals surface area (Å²) in [5.74, 6) is 0.948. The molecule has 2 aromatic carbocycles. The third-order valence-corrected chi connectivity index (χ3v) is 4.12. The van der Waals surface area contributed by atoms with Gasteiger partial charge in [0, 0.05) is 24.6 Å². The van der Waals surface area contributed by atoms with Gasteiger partial charge in [-0.2, -0.15) is 0 Å². The van der Waals surface area contributed by atoms with Crippen LogP contribution in [0.4, 0.5) is 0 Å². The van der Waals surface area contributed by atoms with E-state index in [1.54, 1.807) is 18.2 Å². The molecule has 0 aromatic heterocycles. The highest BCUT2D eigenvalue weighted by molar-refractivity contribution is 5.94. The highest BCUT2D eigenvalue weighted by atomic mass is 35.5. The van der Waals surface area contributed by atoms with E-state index in [0.29, 0.717) is 43.1 Å². The van der Waals surface area contributed by atoms with Crippen molar-refractivity contribution in [3.05, 3.63) is 59.7 Å². The number of carbonyl (C=O) groups is 2. The smallest absolute Gasteiger partial charge is 0.220 e. The minimum absolute atomic E-state index is 0. The van der Waals surface area contributed by atoms with Crippen LogP contribution in [0.15, 0.2) is 48.5 Å². The van der Waals surface area contributed by atoms with Gasteiger partial charge in [0.1, 0.15) is 0 Å². The molecular weight excluding hydrogens is 380 g/mol. The van der Waals surface area contributed by atoms with Crippen LogP contribution in [0, 0.1) is 0 Å². The van der Waals surface area contributed by atoms with Crippen molar-refractivity contribution in [3.63, 3.8) is 0 Å². The van der Waals surface area contributed by atoms with Gasteiger partial charge in [-0.15, -0.1) is 12.4 Å². The fourth-order valence-corrected chi connectivity index (χ4v) is 2.55. The molecule has 0 fully saturated rings. The molecule has 28 heavy (non-hydrogen) atoms. The Balaban J connectivity index is 0.00000392. The van der Waals surface area contributed by atoms with Crippen LogP contribution < -0.4 is 20.5 Å². The normalized spacial score (nSPS) is 11.1. The lowest BCUT2D eigenvalue weighted by atomic mass is 10.1. The van der Waals surface area contributed by atoms with E-state index >= 15 is 0 Å². The summed E-state index contributed by atoms with van der Waals surface area (Å²) in [6, 6.07) is 14.5. The zero-order valence-corrected chi connectivity index (χ0v) is 17.0. The maximum atomic E-state index is 11.9. The summed E-state index contributed by atoms with van der Waals surface area (Å²) in [5, 5.41) is 2.84. The summed E-state index contributed by atoms with van der Waals surface area (Å²) < 4.78 is 10.9. The highest BCUT2D eigenvalue weighted by Gasteiger charge is 2.10. The number of nitrogens with one attached hydrogen (secondary N) is 1. The predicted molar refractivity (Wildman–Crippen MR) is 111 cm³/mol. The summed E-state index contributed by atoms with van der Waals surface area (Å²) >= 11 is 0. The number of amides is 1.